The van der Waals surface area contributed by atoms with Crippen LogP contribution in [0.4, 0.5) is 0 Å². The number of carbonyl (C=O) groups excluding carboxylic acids is 1. The molecule has 0 spiro atoms. The highest BCUT2D eigenvalue weighted by atomic mass is 16.3. The van der Waals surface area contributed by atoms with Crippen LogP contribution in [0.15, 0.2) is 41.0 Å². The molecule has 3 N–H and O–H groups in total. The standard InChI is InChI=1S/C17H18N2O2/c1-12-7-8-14(5-3-9-18)15(11-12)17(20)19-13(2)16-6-4-10-21-16/h4,6-8,10-11,13H,9,18H2,1-2H3,(H,19,20). The number of benzene rings is 1. The molecule has 0 bridgehead atoms. The molecule has 0 aliphatic rings. The van der Waals surface area contributed by atoms with Gasteiger partial charge in [0.25, 0.3) is 5.91 Å². The van der Waals surface area contributed by atoms with E-state index in [1.807, 2.05) is 38.1 Å². The van der Waals surface area contributed by atoms with Gasteiger partial charge in [0.15, 0.2) is 0 Å². The van der Waals surface area contributed by atoms with Gasteiger partial charge in [0.1, 0.15) is 5.76 Å². The smallest absolute Gasteiger partial charge is 0.253 e. The largest absolute Gasteiger partial charge is 0.467 e. The van der Waals surface area contributed by atoms with E-state index in [9.17, 15) is 4.79 Å². The maximum atomic E-state index is 12.4. The van der Waals surface area contributed by atoms with Crippen LogP contribution in [0.1, 0.15) is 40.2 Å². The van der Waals surface area contributed by atoms with Crippen LogP contribution in [0.3, 0.4) is 0 Å². The van der Waals surface area contributed by atoms with Gasteiger partial charge < -0.3 is 15.5 Å². The number of carbonyl (C=O) groups is 1. The van der Waals surface area contributed by atoms with Crippen LogP contribution in [0.25, 0.3) is 0 Å². The topological polar surface area (TPSA) is 68.3 Å². The molecule has 1 amide bonds. The van der Waals surface area contributed by atoms with Crippen LogP contribution in [-0.2, 0) is 0 Å². The first-order valence-electron chi connectivity index (χ1n) is 6.75. The Bertz CT molecular complexity index is 679. The Morgan fingerprint density at radius 1 is 1.43 bits per heavy atom. The highest BCUT2D eigenvalue weighted by Gasteiger charge is 2.15. The second-order valence-electron chi connectivity index (χ2n) is 4.77. The Morgan fingerprint density at radius 2 is 2.24 bits per heavy atom. The zero-order valence-electron chi connectivity index (χ0n) is 12.1. The molecule has 0 fully saturated rings. The van der Waals surface area contributed by atoms with E-state index in [0.29, 0.717) is 16.9 Å². The van der Waals surface area contributed by atoms with Crippen molar-refractivity contribution in [1.29, 1.82) is 0 Å². The molecule has 0 radical (unpaired) electrons. The van der Waals surface area contributed by atoms with Crippen LogP contribution in [0, 0.1) is 18.8 Å². The molecule has 1 heterocycles. The van der Waals surface area contributed by atoms with E-state index >= 15 is 0 Å². The molecule has 1 atom stereocenters. The van der Waals surface area contributed by atoms with E-state index in [1.165, 1.54) is 0 Å². The maximum absolute atomic E-state index is 12.4. The van der Waals surface area contributed by atoms with Gasteiger partial charge in [-0.3, -0.25) is 4.79 Å². The van der Waals surface area contributed by atoms with Crippen molar-refractivity contribution in [1.82, 2.24) is 5.32 Å². The molecular formula is C17H18N2O2. The first-order valence-corrected chi connectivity index (χ1v) is 6.75. The normalized spacial score (nSPS) is 11.4. The van der Waals surface area contributed by atoms with Crippen molar-refractivity contribution in [3.05, 3.63) is 59.0 Å². The predicted octanol–water partition coefficient (Wildman–Crippen LogP) is 2.39. The molecule has 0 aliphatic carbocycles. The lowest BCUT2D eigenvalue weighted by atomic mass is 10.0. The van der Waals surface area contributed by atoms with Gasteiger partial charge in [-0.15, -0.1) is 0 Å². The van der Waals surface area contributed by atoms with E-state index in [0.717, 1.165) is 5.56 Å². The number of nitrogens with two attached hydrogens (primary N) is 1. The monoisotopic (exact) mass is 282 g/mol. The van der Waals surface area contributed by atoms with Gasteiger partial charge in [0.2, 0.25) is 0 Å². The minimum absolute atomic E-state index is 0.177. The molecule has 21 heavy (non-hydrogen) atoms. The second-order valence-corrected chi connectivity index (χ2v) is 4.77. The average Bonchev–Trinajstić information content (AvgIpc) is 3.00. The molecular weight excluding hydrogens is 264 g/mol. The molecule has 4 nitrogen and oxygen atoms in total. The van der Waals surface area contributed by atoms with Gasteiger partial charge in [-0.1, -0.05) is 23.5 Å². The molecule has 1 aromatic carbocycles. The number of hydrogen-bond donors (Lipinski definition) is 2. The van der Waals surface area contributed by atoms with Crippen LogP contribution < -0.4 is 11.1 Å². The Labute approximate surface area is 124 Å². The lowest BCUT2D eigenvalue weighted by molar-refractivity contribution is 0.0935. The van der Waals surface area contributed by atoms with Crippen molar-refractivity contribution in [2.45, 2.75) is 19.9 Å². The van der Waals surface area contributed by atoms with E-state index in [-0.39, 0.29) is 18.5 Å². The van der Waals surface area contributed by atoms with Gasteiger partial charge in [0.05, 0.1) is 24.4 Å². The number of aryl methyl sites for hydroxylation is 1. The number of amides is 1. The Kier molecular flexibility index (Phi) is 4.81. The van der Waals surface area contributed by atoms with Crippen LogP contribution in [-0.4, -0.2) is 12.5 Å². The fourth-order valence-corrected chi connectivity index (χ4v) is 1.98. The van der Waals surface area contributed by atoms with Gasteiger partial charge in [-0.05, 0) is 38.1 Å². The summed E-state index contributed by atoms with van der Waals surface area (Å²) in [6, 6.07) is 9.00. The van der Waals surface area contributed by atoms with Crippen LogP contribution >= 0.6 is 0 Å². The van der Waals surface area contributed by atoms with Crippen LogP contribution in [0.5, 0.6) is 0 Å². The van der Waals surface area contributed by atoms with Crippen molar-refractivity contribution in [2.24, 2.45) is 5.73 Å². The molecule has 2 aromatic rings. The van der Waals surface area contributed by atoms with Crippen molar-refractivity contribution < 1.29 is 9.21 Å². The zero-order chi connectivity index (χ0) is 15.2. The van der Waals surface area contributed by atoms with E-state index in [4.69, 9.17) is 10.2 Å². The third kappa shape index (κ3) is 3.74. The van der Waals surface area contributed by atoms with E-state index in [2.05, 4.69) is 17.2 Å². The van der Waals surface area contributed by atoms with Gasteiger partial charge in [-0.25, -0.2) is 0 Å². The lowest BCUT2D eigenvalue weighted by Gasteiger charge is -2.13. The third-order valence-corrected chi connectivity index (χ3v) is 3.06. The molecule has 4 heteroatoms. The van der Waals surface area contributed by atoms with E-state index < -0.39 is 0 Å². The number of nitrogens with one attached hydrogen (secondary N) is 1. The Morgan fingerprint density at radius 3 is 2.90 bits per heavy atom. The Balaban J connectivity index is 2.24. The third-order valence-electron chi connectivity index (χ3n) is 3.06. The Hall–Kier alpha value is -2.51. The fourth-order valence-electron chi connectivity index (χ4n) is 1.98. The number of rotatable bonds is 3. The predicted molar refractivity (Wildman–Crippen MR) is 81.7 cm³/mol. The first-order chi connectivity index (χ1) is 10.1. The molecule has 108 valence electrons. The minimum atomic E-state index is -0.205. The highest BCUT2D eigenvalue weighted by molar-refractivity contribution is 5.97. The van der Waals surface area contributed by atoms with Crippen molar-refractivity contribution in [3.63, 3.8) is 0 Å². The molecule has 1 aromatic heterocycles. The van der Waals surface area contributed by atoms with Crippen molar-refractivity contribution >= 4 is 5.91 Å². The second kappa shape index (κ2) is 6.78. The van der Waals surface area contributed by atoms with Crippen molar-refractivity contribution in [3.8, 4) is 11.8 Å². The summed E-state index contributed by atoms with van der Waals surface area (Å²) in [5.41, 5.74) is 7.62. The summed E-state index contributed by atoms with van der Waals surface area (Å²) in [4.78, 5) is 12.4. The summed E-state index contributed by atoms with van der Waals surface area (Å²) >= 11 is 0. The fraction of sp³-hybridized carbons (Fsp3) is 0.235. The van der Waals surface area contributed by atoms with E-state index in [1.54, 1.807) is 12.3 Å². The molecule has 0 aliphatic heterocycles. The van der Waals surface area contributed by atoms with Gasteiger partial charge in [-0.2, -0.15) is 0 Å². The summed E-state index contributed by atoms with van der Waals surface area (Å²) in [5, 5.41) is 2.91. The SMILES string of the molecule is Cc1ccc(C#CCN)c(C(=O)NC(C)c2ccco2)c1. The maximum Gasteiger partial charge on any atom is 0.253 e. The first kappa shape index (κ1) is 14.9. The number of hydrogen-bond acceptors (Lipinski definition) is 3. The summed E-state index contributed by atoms with van der Waals surface area (Å²) in [7, 11) is 0. The highest BCUT2D eigenvalue weighted by Crippen LogP contribution is 2.16. The zero-order valence-corrected chi connectivity index (χ0v) is 12.1. The molecule has 0 saturated carbocycles. The van der Waals surface area contributed by atoms with Crippen LogP contribution in [0.2, 0.25) is 0 Å². The quantitative estimate of drug-likeness (QED) is 0.849. The summed E-state index contributed by atoms with van der Waals surface area (Å²) < 4.78 is 5.29. The van der Waals surface area contributed by atoms with Gasteiger partial charge in [0, 0.05) is 5.56 Å². The summed E-state index contributed by atoms with van der Waals surface area (Å²) in [6.45, 7) is 4.07. The minimum Gasteiger partial charge on any atom is -0.467 e. The summed E-state index contributed by atoms with van der Waals surface area (Å²) in [5.74, 6) is 6.25. The molecule has 1 unspecified atom stereocenters. The van der Waals surface area contributed by atoms with Gasteiger partial charge >= 0.3 is 0 Å². The molecule has 0 saturated heterocycles. The number of furan rings is 1. The summed E-state index contributed by atoms with van der Waals surface area (Å²) in [6.07, 6.45) is 1.59. The lowest BCUT2D eigenvalue weighted by Crippen LogP contribution is -2.27. The van der Waals surface area contributed by atoms with Crippen molar-refractivity contribution in [2.75, 3.05) is 6.54 Å². The molecule has 2 rings (SSSR count). The average molecular weight is 282 g/mol.